The lowest BCUT2D eigenvalue weighted by atomic mass is 10.2. The third-order valence-electron chi connectivity index (χ3n) is 3.37. The maximum atomic E-state index is 12.0. The number of nitrogens with zero attached hydrogens (tertiary/aromatic N) is 3. The van der Waals surface area contributed by atoms with Crippen molar-refractivity contribution in [1.82, 2.24) is 20.4 Å². The van der Waals surface area contributed by atoms with Crippen molar-refractivity contribution in [3.63, 3.8) is 0 Å². The van der Waals surface area contributed by atoms with E-state index in [0.717, 1.165) is 11.3 Å². The average Bonchev–Trinajstić information content (AvgIpc) is 3.28. The van der Waals surface area contributed by atoms with Crippen LogP contribution >= 0.6 is 11.3 Å². The Labute approximate surface area is 161 Å². The SMILES string of the molecule is CC(C)(C)OCc1cc(CNC(=O)Nc2nc(-c3cccnc3)cs2)no1. The molecule has 0 atom stereocenters. The highest BCUT2D eigenvalue weighted by molar-refractivity contribution is 7.14. The van der Waals surface area contributed by atoms with E-state index in [1.807, 2.05) is 38.3 Å². The summed E-state index contributed by atoms with van der Waals surface area (Å²) < 4.78 is 10.8. The second-order valence-electron chi connectivity index (χ2n) is 6.77. The minimum Gasteiger partial charge on any atom is -0.368 e. The van der Waals surface area contributed by atoms with Crippen LogP contribution in [-0.4, -0.2) is 26.8 Å². The summed E-state index contributed by atoms with van der Waals surface area (Å²) in [6.07, 6.45) is 3.43. The number of thiazole rings is 1. The van der Waals surface area contributed by atoms with Gasteiger partial charge in [0.2, 0.25) is 0 Å². The second-order valence-corrected chi connectivity index (χ2v) is 7.63. The standard InChI is InChI=1S/C18H21N5O3S/c1-18(2,3)25-10-14-7-13(23-26-14)9-20-16(24)22-17-21-15(11-27-17)12-5-4-6-19-8-12/h4-8,11H,9-10H2,1-3H3,(H2,20,21,22,24). The van der Waals surface area contributed by atoms with Crippen molar-refractivity contribution >= 4 is 22.5 Å². The Kier molecular flexibility index (Phi) is 5.82. The third-order valence-corrected chi connectivity index (χ3v) is 4.12. The fourth-order valence-electron chi connectivity index (χ4n) is 2.08. The molecular weight excluding hydrogens is 366 g/mol. The monoisotopic (exact) mass is 387 g/mol. The number of ether oxygens (including phenoxy) is 1. The van der Waals surface area contributed by atoms with Gasteiger partial charge in [-0.2, -0.15) is 0 Å². The molecule has 142 valence electrons. The molecule has 0 bridgehead atoms. The molecule has 0 aliphatic rings. The molecule has 0 aliphatic carbocycles. The van der Waals surface area contributed by atoms with E-state index in [1.165, 1.54) is 11.3 Å². The molecule has 3 aromatic rings. The number of anilines is 1. The smallest absolute Gasteiger partial charge is 0.321 e. The molecule has 0 aliphatic heterocycles. The Morgan fingerprint density at radius 3 is 2.96 bits per heavy atom. The van der Waals surface area contributed by atoms with E-state index in [-0.39, 0.29) is 18.2 Å². The van der Waals surface area contributed by atoms with Crippen molar-refractivity contribution in [3.05, 3.63) is 47.4 Å². The number of pyridine rings is 1. The highest BCUT2D eigenvalue weighted by atomic mass is 32.1. The lowest BCUT2D eigenvalue weighted by molar-refractivity contribution is -0.0241. The van der Waals surface area contributed by atoms with Crippen molar-refractivity contribution in [2.24, 2.45) is 0 Å². The van der Waals surface area contributed by atoms with Gasteiger partial charge in [0.1, 0.15) is 12.3 Å². The van der Waals surface area contributed by atoms with Gasteiger partial charge in [0.05, 0.1) is 17.8 Å². The molecule has 0 unspecified atom stereocenters. The molecule has 9 heteroatoms. The first-order valence-corrected chi connectivity index (χ1v) is 9.26. The Bertz CT molecular complexity index is 886. The molecule has 0 saturated carbocycles. The van der Waals surface area contributed by atoms with Gasteiger partial charge < -0.3 is 14.6 Å². The van der Waals surface area contributed by atoms with Crippen molar-refractivity contribution in [3.8, 4) is 11.3 Å². The van der Waals surface area contributed by atoms with Crippen LogP contribution in [-0.2, 0) is 17.9 Å². The van der Waals surface area contributed by atoms with Gasteiger partial charge in [0.25, 0.3) is 0 Å². The highest BCUT2D eigenvalue weighted by Gasteiger charge is 2.13. The van der Waals surface area contributed by atoms with E-state index in [2.05, 4.69) is 25.8 Å². The molecule has 0 radical (unpaired) electrons. The molecule has 3 heterocycles. The Balaban J connectivity index is 1.48. The number of amides is 2. The summed E-state index contributed by atoms with van der Waals surface area (Å²) in [7, 11) is 0. The number of nitrogens with one attached hydrogen (secondary N) is 2. The minimum atomic E-state index is -0.363. The van der Waals surface area contributed by atoms with E-state index in [9.17, 15) is 4.79 Å². The minimum absolute atomic E-state index is 0.242. The predicted molar refractivity (Wildman–Crippen MR) is 102 cm³/mol. The molecule has 8 nitrogen and oxygen atoms in total. The largest absolute Gasteiger partial charge is 0.368 e. The van der Waals surface area contributed by atoms with Crippen LogP contribution in [0, 0.1) is 0 Å². The van der Waals surface area contributed by atoms with Gasteiger partial charge in [0, 0.05) is 29.4 Å². The van der Waals surface area contributed by atoms with Crippen LogP contribution < -0.4 is 10.6 Å². The van der Waals surface area contributed by atoms with Crippen LogP contribution in [0.1, 0.15) is 32.2 Å². The van der Waals surface area contributed by atoms with E-state index in [4.69, 9.17) is 9.26 Å². The maximum Gasteiger partial charge on any atom is 0.321 e. The number of carbonyl (C=O) groups excluding carboxylic acids is 1. The van der Waals surface area contributed by atoms with Crippen LogP contribution in [0.4, 0.5) is 9.93 Å². The fraction of sp³-hybridized carbons (Fsp3) is 0.333. The number of rotatable bonds is 6. The lowest BCUT2D eigenvalue weighted by Crippen LogP contribution is -2.28. The molecule has 0 fully saturated rings. The number of hydrogen-bond donors (Lipinski definition) is 2. The third kappa shape index (κ3) is 5.87. The number of aromatic nitrogens is 3. The highest BCUT2D eigenvalue weighted by Crippen LogP contribution is 2.23. The average molecular weight is 387 g/mol. The van der Waals surface area contributed by atoms with Crippen LogP contribution in [0.3, 0.4) is 0 Å². The summed E-state index contributed by atoms with van der Waals surface area (Å²) in [5.41, 5.74) is 2.03. The Hall–Kier alpha value is -2.78. The summed E-state index contributed by atoms with van der Waals surface area (Å²) in [5.74, 6) is 0.614. The topological polar surface area (TPSA) is 102 Å². The molecule has 2 amide bonds. The number of carbonyl (C=O) groups is 1. The van der Waals surface area contributed by atoms with Gasteiger partial charge in [0.15, 0.2) is 10.9 Å². The van der Waals surface area contributed by atoms with Crippen molar-refractivity contribution < 1.29 is 14.1 Å². The number of urea groups is 1. The molecule has 0 spiro atoms. The van der Waals surface area contributed by atoms with Crippen molar-refractivity contribution in [2.45, 2.75) is 39.5 Å². The first-order chi connectivity index (χ1) is 12.9. The Morgan fingerprint density at radius 2 is 2.22 bits per heavy atom. The van der Waals surface area contributed by atoms with Crippen LogP contribution in [0.15, 0.2) is 40.5 Å². The van der Waals surface area contributed by atoms with E-state index in [1.54, 1.807) is 18.5 Å². The molecular formula is C18H21N5O3S. The first kappa shape index (κ1) is 19.0. The van der Waals surface area contributed by atoms with Crippen molar-refractivity contribution in [1.29, 1.82) is 0 Å². The summed E-state index contributed by atoms with van der Waals surface area (Å²) in [5, 5.41) is 11.7. The summed E-state index contributed by atoms with van der Waals surface area (Å²) in [6.45, 7) is 6.47. The van der Waals surface area contributed by atoms with Gasteiger partial charge in [-0.1, -0.05) is 5.16 Å². The maximum absolute atomic E-state index is 12.0. The van der Waals surface area contributed by atoms with Crippen LogP contribution in [0.5, 0.6) is 0 Å². The van der Waals surface area contributed by atoms with E-state index in [0.29, 0.717) is 23.2 Å². The summed E-state index contributed by atoms with van der Waals surface area (Å²) >= 11 is 1.35. The first-order valence-electron chi connectivity index (χ1n) is 8.38. The predicted octanol–water partition coefficient (Wildman–Crippen LogP) is 3.83. The molecule has 0 saturated heterocycles. The van der Waals surface area contributed by atoms with Gasteiger partial charge in [-0.05, 0) is 32.9 Å². The van der Waals surface area contributed by atoms with Crippen LogP contribution in [0.25, 0.3) is 11.3 Å². The van der Waals surface area contributed by atoms with E-state index >= 15 is 0 Å². The zero-order valence-electron chi connectivity index (χ0n) is 15.4. The molecule has 3 aromatic heterocycles. The van der Waals surface area contributed by atoms with Gasteiger partial charge in [-0.15, -0.1) is 11.3 Å². The van der Waals surface area contributed by atoms with Crippen LogP contribution in [0.2, 0.25) is 0 Å². The molecule has 27 heavy (non-hydrogen) atoms. The lowest BCUT2D eigenvalue weighted by Gasteiger charge is -2.17. The summed E-state index contributed by atoms with van der Waals surface area (Å²) in [4.78, 5) is 20.5. The zero-order chi connectivity index (χ0) is 19.3. The molecule has 2 N–H and O–H groups in total. The summed E-state index contributed by atoms with van der Waals surface area (Å²) in [6, 6.07) is 5.15. The fourth-order valence-corrected chi connectivity index (χ4v) is 2.80. The van der Waals surface area contributed by atoms with Gasteiger partial charge >= 0.3 is 6.03 Å². The quantitative estimate of drug-likeness (QED) is 0.666. The Morgan fingerprint density at radius 1 is 1.37 bits per heavy atom. The van der Waals surface area contributed by atoms with Crippen molar-refractivity contribution in [2.75, 3.05) is 5.32 Å². The van der Waals surface area contributed by atoms with E-state index < -0.39 is 0 Å². The molecule has 3 rings (SSSR count). The number of hydrogen-bond acceptors (Lipinski definition) is 7. The second kappa shape index (κ2) is 8.28. The molecule has 0 aromatic carbocycles. The van der Waals surface area contributed by atoms with Gasteiger partial charge in [-0.25, -0.2) is 9.78 Å². The van der Waals surface area contributed by atoms with Gasteiger partial charge in [-0.3, -0.25) is 10.3 Å². The normalized spacial score (nSPS) is 11.4. The zero-order valence-corrected chi connectivity index (χ0v) is 16.2.